The number of ether oxygens (including phenoxy) is 2. The van der Waals surface area contributed by atoms with E-state index in [4.69, 9.17) is 9.47 Å². The van der Waals surface area contributed by atoms with Crippen molar-refractivity contribution in [3.8, 4) is 0 Å². The number of nitrogens with one attached hydrogen (secondary N) is 1. The standard InChI is InChI=1S/C19H18N2O5S/c1-25-12-13-5-3-7-16(9-13)27(23,24)21-17-11-15(19(22)26-2)10-14-6-4-8-20-18(14)17/h3-11,21H,12H2,1-2H3. The first kappa shape index (κ1) is 18.8. The maximum absolute atomic E-state index is 12.9. The van der Waals surface area contributed by atoms with E-state index in [-0.39, 0.29) is 16.1 Å². The Morgan fingerprint density at radius 1 is 1.11 bits per heavy atom. The number of carbonyl (C=O) groups excluding carboxylic acids is 1. The fourth-order valence-corrected chi connectivity index (χ4v) is 3.81. The lowest BCUT2D eigenvalue weighted by atomic mass is 10.1. The predicted octanol–water partition coefficient (Wildman–Crippen LogP) is 2.97. The van der Waals surface area contributed by atoms with Crippen molar-refractivity contribution < 1.29 is 22.7 Å². The molecular formula is C19H18N2O5S. The molecule has 0 aliphatic heterocycles. The van der Waals surface area contributed by atoms with E-state index in [1.807, 2.05) is 0 Å². The van der Waals surface area contributed by atoms with Crippen molar-refractivity contribution in [1.29, 1.82) is 0 Å². The number of hydrogen-bond acceptors (Lipinski definition) is 6. The molecular weight excluding hydrogens is 368 g/mol. The number of carbonyl (C=O) groups is 1. The van der Waals surface area contributed by atoms with Gasteiger partial charge in [-0.2, -0.15) is 0 Å². The van der Waals surface area contributed by atoms with Crippen LogP contribution in [0.4, 0.5) is 5.69 Å². The third-order valence-corrected chi connectivity index (χ3v) is 5.25. The quantitative estimate of drug-likeness (QED) is 0.655. The van der Waals surface area contributed by atoms with Crippen LogP contribution in [0.1, 0.15) is 15.9 Å². The second kappa shape index (κ2) is 7.73. The highest BCUT2D eigenvalue weighted by Crippen LogP contribution is 2.27. The van der Waals surface area contributed by atoms with Crippen molar-refractivity contribution in [3.63, 3.8) is 0 Å². The van der Waals surface area contributed by atoms with Crippen LogP contribution in [0.15, 0.2) is 59.6 Å². The Balaban J connectivity index is 2.07. The first-order valence-electron chi connectivity index (χ1n) is 8.02. The molecule has 27 heavy (non-hydrogen) atoms. The molecule has 0 atom stereocenters. The Labute approximate surface area is 157 Å². The summed E-state index contributed by atoms with van der Waals surface area (Å²) in [6, 6.07) is 12.9. The van der Waals surface area contributed by atoms with Crippen molar-refractivity contribution in [2.24, 2.45) is 0 Å². The van der Waals surface area contributed by atoms with Gasteiger partial charge >= 0.3 is 5.97 Å². The van der Waals surface area contributed by atoms with Crippen LogP contribution in [-0.4, -0.2) is 33.6 Å². The van der Waals surface area contributed by atoms with E-state index in [1.165, 1.54) is 32.4 Å². The number of methoxy groups -OCH3 is 2. The highest BCUT2D eigenvalue weighted by molar-refractivity contribution is 7.92. The van der Waals surface area contributed by atoms with Gasteiger partial charge in [-0.3, -0.25) is 9.71 Å². The molecule has 0 saturated heterocycles. The summed E-state index contributed by atoms with van der Waals surface area (Å²) in [7, 11) is -1.09. The van der Waals surface area contributed by atoms with Crippen LogP contribution < -0.4 is 4.72 Å². The van der Waals surface area contributed by atoms with Crippen molar-refractivity contribution in [3.05, 3.63) is 65.9 Å². The number of aromatic nitrogens is 1. The first-order valence-corrected chi connectivity index (χ1v) is 9.50. The molecule has 0 fully saturated rings. The number of nitrogens with zero attached hydrogens (tertiary/aromatic N) is 1. The van der Waals surface area contributed by atoms with Gasteiger partial charge in [-0.1, -0.05) is 18.2 Å². The summed E-state index contributed by atoms with van der Waals surface area (Å²) >= 11 is 0. The van der Waals surface area contributed by atoms with Gasteiger partial charge in [0.1, 0.15) is 0 Å². The Hall–Kier alpha value is -2.97. The average Bonchev–Trinajstić information content (AvgIpc) is 2.67. The molecule has 1 N–H and O–H groups in total. The molecule has 0 spiro atoms. The van der Waals surface area contributed by atoms with E-state index in [9.17, 15) is 13.2 Å². The zero-order valence-corrected chi connectivity index (χ0v) is 15.6. The number of pyridine rings is 1. The fraction of sp³-hybridized carbons (Fsp3) is 0.158. The van der Waals surface area contributed by atoms with Crippen LogP contribution >= 0.6 is 0 Å². The van der Waals surface area contributed by atoms with Gasteiger partial charge in [0.15, 0.2) is 0 Å². The minimum Gasteiger partial charge on any atom is -0.465 e. The number of anilines is 1. The average molecular weight is 386 g/mol. The molecule has 0 saturated carbocycles. The Morgan fingerprint density at radius 3 is 2.67 bits per heavy atom. The maximum atomic E-state index is 12.9. The van der Waals surface area contributed by atoms with E-state index in [2.05, 4.69) is 9.71 Å². The number of esters is 1. The van der Waals surface area contributed by atoms with Crippen molar-refractivity contribution in [1.82, 2.24) is 4.98 Å². The van der Waals surface area contributed by atoms with Crippen LogP contribution in [-0.2, 0) is 26.1 Å². The minimum atomic E-state index is -3.89. The highest BCUT2D eigenvalue weighted by atomic mass is 32.2. The van der Waals surface area contributed by atoms with Crippen LogP contribution in [0.5, 0.6) is 0 Å². The number of benzene rings is 2. The summed E-state index contributed by atoms with van der Waals surface area (Å²) in [5, 5.41) is 0.617. The Kier molecular flexibility index (Phi) is 5.38. The molecule has 3 rings (SSSR count). The summed E-state index contributed by atoms with van der Waals surface area (Å²) in [6.07, 6.45) is 1.55. The zero-order chi connectivity index (χ0) is 19.4. The Bertz CT molecular complexity index is 1100. The minimum absolute atomic E-state index is 0.0876. The molecule has 1 aromatic heterocycles. The molecule has 0 bridgehead atoms. The maximum Gasteiger partial charge on any atom is 0.337 e. The SMILES string of the molecule is COCc1cccc(S(=O)(=O)Nc2cc(C(=O)OC)cc3cccnc23)c1. The van der Waals surface area contributed by atoms with E-state index < -0.39 is 16.0 Å². The molecule has 0 amide bonds. The molecule has 0 aliphatic rings. The molecule has 140 valence electrons. The van der Waals surface area contributed by atoms with Crippen molar-refractivity contribution in [2.75, 3.05) is 18.9 Å². The molecule has 0 unspecified atom stereocenters. The normalized spacial score (nSPS) is 11.3. The summed E-state index contributed by atoms with van der Waals surface area (Å²) < 4.78 is 38.0. The van der Waals surface area contributed by atoms with Gasteiger partial charge < -0.3 is 9.47 Å². The smallest absolute Gasteiger partial charge is 0.337 e. The largest absolute Gasteiger partial charge is 0.465 e. The van der Waals surface area contributed by atoms with E-state index in [0.29, 0.717) is 17.5 Å². The molecule has 2 aromatic carbocycles. The lowest BCUT2D eigenvalue weighted by Gasteiger charge is -2.12. The number of sulfonamides is 1. The van der Waals surface area contributed by atoms with Gasteiger partial charge in [-0.15, -0.1) is 0 Å². The van der Waals surface area contributed by atoms with Crippen molar-refractivity contribution in [2.45, 2.75) is 11.5 Å². The second-order valence-electron chi connectivity index (χ2n) is 5.78. The van der Waals surface area contributed by atoms with Crippen molar-refractivity contribution >= 4 is 32.6 Å². The molecule has 1 heterocycles. The lowest BCUT2D eigenvalue weighted by Crippen LogP contribution is -2.14. The monoisotopic (exact) mass is 386 g/mol. The highest BCUT2D eigenvalue weighted by Gasteiger charge is 2.19. The van der Waals surface area contributed by atoms with Gasteiger partial charge in [0.25, 0.3) is 10.0 Å². The van der Waals surface area contributed by atoms with Gasteiger partial charge in [0, 0.05) is 18.7 Å². The van der Waals surface area contributed by atoms with Gasteiger partial charge in [-0.05, 0) is 35.9 Å². The summed E-state index contributed by atoms with van der Waals surface area (Å²) in [5.41, 5.74) is 1.59. The van der Waals surface area contributed by atoms with Gasteiger partial charge in [0.05, 0.1) is 35.4 Å². The molecule has 7 nitrogen and oxygen atoms in total. The third-order valence-electron chi connectivity index (χ3n) is 3.89. The molecule has 0 radical (unpaired) electrons. The molecule has 8 heteroatoms. The van der Waals surface area contributed by atoms with Crippen LogP contribution in [0.3, 0.4) is 0 Å². The number of fused-ring (bicyclic) bond motifs is 1. The molecule has 0 aliphatic carbocycles. The summed E-state index contributed by atoms with van der Waals surface area (Å²) in [5.74, 6) is -0.566. The predicted molar refractivity (Wildman–Crippen MR) is 101 cm³/mol. The Morgan fingerprint density at radius 2 is 1.93 bits per heavy atom. The number of hydrogen-bond donors (Lipinski definition) is 1. The van der Waals surface area contributed by atoms with Crippen LogP contribution in [0.25, 0.3) is 10.9 Å². The fourth-order valence-electron chi connectivity index (χ4n) is 2.68. The second-order valence-corrected chi connectivity index (χ2v) is 7.46. The zero-order valence-electron chi connectivity index (χ0n) is 14.8. The summed E-state index contributed by atoms with van der Waals surface area (Å²) in [4.78, 5) is 16.2. The van der Waals surface area contributed by atoms with Crippen LogP contribution in [0, 0.1) is 0 Å². The van der Waals surface area contributed by atoms with Gasteiger partial charge in [-0.25, -0.2) is 13.2 Å². The van der Waals surface area contributed by atoms with Crippen LogP contribution in [0.2, 0.25) is 0 Å². The lowest BCUT2D eigenvalue weighted by molar-refractivity contribution is 0.0601. The topological polar surface area (TPSA) is 94.6 Å². The van der Waals surface area contributed by atoms with E-state index in [0.717, 1.165) is 5.56 Å². The van der Waals surface area contributed by atoms with E-state index in [1.54, 1.807) is 36.5 Å². The van der Waals surface area contributed by atoms with Gasteiger partial charge in [0.2, 0.25) is 0 Å². The van der Waals surface area contributed by atoms with E-state index >= 15 is 0 Å². The summed E-state index contributed by atoms with van der Waals surface area (Å²) in [6.45, 7) is 0.297. The molecule has 3 aromatic rings. The first-order chi connectivity index (χ1) is 12.9. The number of rotatable bonds is 6. The third kappa shape index (κ3) is 4.07.